The lowest BCUT2D eigenvalue weighted by Crippen LogP contribution is -2.30. The maximum Gasteiger partial charge on any atom is 0.340 e. The Morgan fingerprint density at radius 2 is 1.77 bits per heavy atom. The predicted molar refractivity (Wildman–Crippen MR) is 104 cm³/mol. The summed E-state index contributed by atoms with van der Waals surface area (Å²) in [5, 5.41) is 3.41. The molecule has 1 aromatic heterocycles. The second-order valence-electron chi connectivity index (χ2n) is 6.41. The molecule has 0 aliphatic rings. The smallest absolute Gasteiger partial charge is 0.340 e. The van der Waals surface area contributed by atoms with Crippen molar-refractivity contribution in [3.63, 3.8) is 0 Å². The molecule has 1 atom stereocenters. The molecule has 1 aromatic carbocycles. The third kappa shape index (κ3) is 4.40. The van der Waals surface area contributed by atoms with Crippen molar-refractivity contribution in [3.8, 4) is 0 Å². The number of benzene rings is 1. The van der Waals surface area contributed by atoms with Gasteiger partial charge in [0.15, 0.2) is 6.10 Å². The van der Waals surface area contributed by atoms with Gasteiger partial charge >= 0.3 is 5.97 Å². The van der Waals surface area contributed by atoms with E-state index in [9.17, 15) is 9.59 Å². The number of hydrogen-bond acceptors (Lipinski definition) is 3. The summed E-state index contributed by atoms with van der Waals surface area (Å²) >= 11 is 11.9. The van der Waals surface area contributed by atoms with E-state index < -0.39 is 18.0 Å². The Hall–Kier alpha value is -1.98. The summed E-state index contributed by atoms with van der Waals surface area (Å²) in [6, 6.07) is 6.73. The second-order valence-corrected chi connectivity index (χ2v) is 7.25. The Morgan fingerprint density at radius 3 is 2.31 bits per heavy atom. The van der Waals surface area contributed by atoms with Crippen molar-refractivity contribution in [3.05, 3.63) is 51.3 Å². The van der Waals surface area contributed by atoms with Gasteiger partial charge in [-0.2, -0.15) is 0 Å². The molecule has 2 aromatic rings. The molecule has 0 unspecified atom stereocenters. The average Bonchev–Trinajstić information content (AvgIpc) is 2.84. The van der Waals surface area contributed by atoms with Crippen LogP contribution in [0.25, 0.3) is 0 Å². The molecule has 0 saturated heterocycles. The van der Waals surface area contributed by atoms with Crippen LogP contribution in [0.4, 0.5) is 5.69 Å². The highest BCUT2D eigenvalue weighted by molar-refractivity contribution is 6.36. The number of rotatable bonds is 5. The van der Waals surface area contributed by atoms with Gasteiger partial charge in [0, 0.05) is 22.5 Å². The van der Waals surface area contributed by atoms with Crippen LogP contribution in [0.5, 0.6) is 0 Å². The molecule has 2 rings (SSSR count). The van der Waals surface area contributed by atoms with Crippen LogP contribution in [-0.2, 0) is 9.53 Å². The fraction of sp³-hybridized carbons (Fsp3) is 0.368. The van der Waals surface area contributed by atoms with Gasteiger partial charge in [0.25, 0.3) is 5.91 Å². The number of nitrogens with one attached hydrogen (secondary N) is 1. The Bertz CT molecular complexity index is 844. The van der Waals surface area contributed by atoms with Gasteiger partial charge in [0.05, 0.1) is 16.3 Å². The zero-order valence-corrected chi connectivity index (χ0v) is 16.9. The van der Waals surface area contributed by atoms with E-state index in [1.807, 2.05) is 27.7 Å². The topological polar surface area (TPSA) is 60.3 Å². The van der Waals surface area contributed by atoms with E-state index in [1.54, 1.807) is 18.2 Å². The van der Waals surface area contributed by atoms with E-state index >= 15 is 0 Å². The van der Waals surface area contributed by atoms with Crippen LogP contribution >= 0.6 is 23.2 Å². The quantitative estimate of drug-likeness (QED) is 0.708. The minimum atomic E-state index is -0.976. The van der Waals surface area contributed by atoms with Crippen molar-refractivity contribution in [2.75, 3.05) is 5.32 Å². The summed E-state index contributed by atoms with van der Waals surface area (Å²) in [6.45, 7) is 9.39. The van der Waals surface area contributed by atoms with Crippen molar-refractivity contribution < 1.29 is 14.3 Å². The van der Waals surface area contributed by atoms with E-state index in [-0.39, 0.29) is 6.04 Å². The molecule has 5 nitrogen and oxygen atoms in total. The van der Waals surface area contributed by atoms with Crippen LogP contribution in [0.3, 0.4) is 0 Å². The molecule has 0 bridgehead atoms. The van der Waals surface area contributed by atoms with Gasteiger partial charge in [-0.1, -0.05) is 23.2 Å². The van der Waals surface area contributed by atoms with E-state index in [0.717, 1.165) is 11.4 Å². The third-order valence-corrected chi connectivity index (χ3v) is 4.61. The number of aromatic nitrogens is 1. The van der Waals surface area contributed by atoms with Gasteiger partial charge in [-0.05, 0) is 58.9 Å². The Labute approximate surface area is 163 Å². The van der Waals surface area contributed by atoms with Crippen LogP contribution in [0, 0.1) is 13.8 Å². The molecule has 1 heterocycles. The number of carbonyl (C=O) groups excluding carboxylic acids is 2. The maximum absolute atomic E-state index is 12.5. The van der Waals surface area contributed by atoms with E-state index in [4.69, 9.17) is 27.9 Å². The number of aryl methyl sites for hydroxylation is 1. The molecule has 0 spiro atoms. The van der Waals surface area contributed by atoms with E-state index in [2.05, 4.69) is 9.88 Å². The van der Waals surface area contributed by atoms with Crippen LogP contribution < -0.4 is 5.32 Å². The van der Waals surface area contributed by atoms with Crippen molar-refractivity contribution >= 4 is 40.8 Å². The fourth-order valence-electron chi connectivity index (χ4n) is 2.88. The largest absolute Gasteiger partial charge is 0.449 e. The highest BCUT2D eigenvalue weighted by Gasteiger charge is 2.23. The molecule has 0 fully saturated rings. The lowest BCUT2D eigenvalue weighted by Gasteiger charge is -2.15. The monoisotopic (exact) mass is 396 g/mol. The molecule has 1 N–H and O–H groups in total. The van der Waals surface area contributed by atoms with Gasteiger partial charge in [0.1, 0.15) is 0 Å². The Morgan fingerprint density at radius 1 is 1.12 bits per heavy atom. The van der Waals surface area contributed by atoms with E-state index in [1.165, 1.54) is 13.0 Å². The summed E-state index contributed by atoms with van der Waals surface area (Å²) in [7, 11) is 0. The summed E-state index contributed by atoms with van der Waals surface area (Å²) in [5.74, 6) is -1.00. The fourth-order valence-corrected chi connectivity index (χ4v) is 3.34. The summed E-state index contributed by atoms with van der Waals surface area (Å²) in [6.07, 6.45) is -0.976. The first-order valence-corrected chi connectivity index (χ1v) is 9.02. The number of esters is 1. The van der Waals surface area contributed by atoms with Gasteiger partial charge in [0.2, 0.25) is 0 Å². The normalized spacial score (nSPS) is 12.2. The highest BCUT2D eigenvalue weighted by atomic mass is 35.5. The minimum Gasteiger partial charge on any atom is -0.449 e. The first kappa shape index (κ1) is 20.3. The molecular formula is C19H22Cl2N2O3. The number of halogens is 2. The van der Waals surface area contributed by atoms with Crippen molar-refractivity contribution in [1.82, 2.24) is 4.57 Å². The zero-order chi connectivity index (χ0) is 19.6. The third-order valence-electron chi connectivity index (χ3n) is 4.06. The van der Waals surface area contributed by atoms with Gasteiger partial charge in [-0.25, -0.2) is 4.79 Å². The second kappa shape index (κ2) is 8.14. The molecule has 0 saturated carbocycles. The summed E-state index contributed by atoms with van der Waals surface area (Å²) in [5.41, 5.74) is 2.65. The molecule has 26 heavy (non-hydrogen) atoms. The molecular weight excluding hydrogens is 375 g/mol. The van der Waals surface area contributed by atoms with Gasteiger partial charge in [-0.15, -0.1) is 0 Å². The zero-order valence-electron chi connectivity index (χ0n) is 15.4. The maximum atomic E-state index is 12.5. The number of amides is 1. The molecule has 140 valence electrons. The van der Waals surface area contributed by atoms with Gasteiger partial charge < -0.3 is 14.6 Å². The lowest BCUT2D eigenvalue weighted by molar-refractivity contribution is -0.123. The SMILES string of the molecule is Cc1cc(C(=O)O[C@H](C)C(=O)Nc2ccc(Cl)cc2Cl)c(C)n1C(C)C. The number of carbonyl (C=O) groups is 2. The van der Waals surface area contributed by atoms with Crippen molar-refractivity contribution in [2.45, 2.75) is 46.8 Å². The average molecular weight is 397 g/mol. The Kier molecular flexibility index (Phi) is 6.37. The van der Waals surface area contributed by atoms with Crippen LogP contribution in [0.1, 0.15) is 48.6 Å². The molecule has 0 radical (unpaired) electrons. The number of nitrogens with zero attached hydrogens (tertiary/aromatic N) is 1. The lowest BCUT2D eigenvalue weighted by atomic mass is 10.2. The van der Waals surface area contributed by atoms with Crippen LogP contribution in [-0.4, -0.2) is 22.5 Å². The minimum absolute atomic E-state index is 0.226. The number of ether oxygens (including phenoxy) is 1. The van der Waals surface area contributed by atoms with Crippen molar-refractivity contribution in [2.24, 2.45) is 0 Å². The first-order valence-electron chi connectivity index (χ1n) is 8.27. The number of anilines is 1. The Balaban J connectivity index is 2.09. The summed E-state index contributed by atoms with van der Waals surface area (Å²) < 4.78 is 7.38. The molecule has 7 heteroatoms. The molecule has 1 amide bonds. The molecule has 0 aliphatic carbocycles. The first-order chi connectivity index (χ1) is 12.1. The number of hydrogen-bond donors (Lipinski definition) is 1. The van der Waals surface area contributed by atoms with Crippen LogP contribution in [0.15, 0.2) is 24.3 Å². The highest BCUT2D eigenvalue weighted by Crippen LogP contribution is 2.26. The predicted octanol–water partition coefficient (Wildman–Crippen LogP) is 5.18. The summed E-state index contributed by atoms with van der Waals surface area (Å²) in [4.78, 5) is 24.8. The van der Waals surface area contributed by atoms with Crippen molar-refractivity contribution in [1.29, 1.82) is 0 Å². The van der Waals surface area contributed by atoms with E-state index in [0.29, 0.717) is 21.3 Å². The molecule has 0 aliphatic heterocycles. The van der Waals surface area contributed by atoms with Gasteiger partial charge in [-0.3, -0.25) is 4.79 Å². The van der Waals surface area contributed by atoms with Crippen LogP contribution in [0.2, 0.25) is 10.0 Å². The standard InChI is InChI=1S/C19H22Cl2N2O3/c1-10(2)23-11(3)8-15(12(23)4)19(25)26-13(5)18(24)22-17-7-6-14(20)9-16(17)21/h6-10,13H,1-5H3,(H,22,24)/t13-/m1/s1.